The standard InChI is InChI=1S/C13H18F3NO/c1-5-12(2,3)8-9-6-7-10(13(14,15)16)11(17-9)18-4/h6-7H,5,8H2,1-4H3. The highest BCUT2D eigenvalue weighted by atomic mass is 19.4. The summed E-state index contributed by atoms with van der Waals surface area (Å²) in [6.45, 7) is 6.15. The minimum absolute atomic E-state index is 0.0117. The van der Waals surface area contributed by atoms with Crippen molar-refractivity contribution in [2.75, 3.05) is 7.11 Å². The molecule has 18 heavy (non-hydrogen) atoms. The van der Waals surface area contributed by atoms with Crippen LogP contribution in [-0.2, 0) is 12.6 Å². The van der Waals surface area contributed by atoms with Crippen LogP contribution in [0.5, 0.6) is 5.88 Å². The lowest BCUT2D eigenvalue weighted by Crippen LogP contribution is -2.16. The normalized spacial score (nSPS) is 12.6. The maximum absolute atomic E-state index is 12.7. The van der Waals surface area contributed by atoms with Gasteiger partial charge in [-0.05, 0) is 24.0 Å². The van der Waals surface area contributed by atoms with Gasteiger partial charge in [-0.1, -0.05) is 27.2 Å². The number of ether oxygens (including phenoxy) is 1. The van der Waals surface area contributed by atoms with Crippen molar-refractivity contribution in [3.8, 4) is 5.88 Å². The van der Waals surface area contributed by atoms with Gasteiger partial charge in [-0.2, -0.15) is 13.2 Å². The quantitative estimate of drug-likeness (QED) is 0.814. The third kappa shape index (κ3) is 3.62. The number of halogens is 3. The number of hydrogen-bond acceptors (Lipinski definition) is 2. The van der Waals surface area contributed by atoms with Gasteiger partial charge in [-0.15, -0.1) is 0 Å². The third-order valence-electron chi connectivity index (χ3n) is 3.03. The summed E-state index contributed by atoms with van der Waals surface area (Å²) in [5.41, 5.74) is -0.202. The Morgan fingerprint density at radius 3 is 2.28 bits per heavy atom. The van der Waals surface area contributed by atoms with Gasteiger partial charge in [0.2, 0.25) is 5.88 Å². The lowest BCUT2D eigenvalue weighted by Gasteiger charge is -2.22. The first-order valence-electron chi connectivity index (χ1n) is 5.80. The van der Waals surface area contributed by atoms with E-state index in [1.165, 1.54) is 13.2 Å². The van der Waals surface area contributed by atoms with Gasteiger partial charge in [0.15, 0.2) is 0 Å². The van der Waals surface area contributed by atoms with Crippen LogP contribution in [0.1, 0.15) is 38.4 Å². The SMILES string of the molecule is CCC(C)(C)Cc1ccc(C(F)(F)F)c(OC)n1. The Kier molecular flexibility index (Phi) is 4.24. The number of alkyl halides is 3. The Morgan fingerprint density at radius 1 is 1.22 bits per heavy atom. The molecule has 0 aliphatic rings. The van der Waals surface area contributed by atoms with Crippen molar-refractivity contribution < 1.29 is 17.9 Å². The lowest BCUT2D eigenvalue weighted by molar-refractivity contribution is -0.139. The summed E-state index contributed by atoms with van der Waals surface area (Å²) in [5, 5.41) is 0. The highest BCUT2D eigenvalue weighted by Crippen LogP contribution is 2.35. The van der Waals surface area contributed by atoms with E-state index in [-0.39, 0.29) is 11.3 Å². The van der Waals surface area contributed by atoms with E-state index in [4.69, 9.17) is 4.74 Å². The van der Waals surface area contributed by atoms with Gasteiger partial charge in [0.05, 0.1) is 7.11 Å². The summed E-state index contributed by atoms with van der Waals surface area (Å²) in [6, 6.07) is 2.45. The van der Waals surface area contributed by atoms with Crippen molar-refractivity contribution in [1.82, 2.24) is 4.98 Å². The zero-order valence-corrected chi connectivity index (χ0v) is 11.1. The van der Waals surface area contributed by atoms with Crippen molar-refractivity contribution in [2.24, 2.45) is 5.41 Å². The van der Waals surface area contributed by atoms with Gasteiger partial charge in [-0.3, -0.25) is 0 Å². The molecule has 0 saturated carbocycles. The van der Waals surface area contributed by atoms with Gasteiger partial charge >= 0.3 is 6.18 Å². The molecule has 0 radical (unpaired) electrons. The van der Waals surface area contributed by atoms with Gasteiger partial charge < -0.3 is 4.74 Å². The molecule has 2 nitrogen and oxygen atoms in total. The summed E-state index contributed by atoms with van der Waals surface area (Å²) >= 11 is 0. The summed E-state index contributed by atoms with van der Waals surface area (Å²) in [4.78, 5) is 3.95. The van der Waals surface area contributed by atoms with Gasteiger partial charge in [0.25, 0.3) is 0 Å². The monoisotopic (exact) mass is 261 g/mol. The molecular formula is C13H18F3NO. The third-order valence-corrected chi connectivity index (χ3v) is 3.03. The Hall–Kier alpha value is -1.26. The number of hydrogen-bond donors (Lipinski definition) is 0. The van der Waals surface area contributed by atoms with Crippen LogP contribution < -0.4 is 4.74 Å². The largest absolute Gasteiger partial charge is 0.481 e. The van der Waals surface area contributed by atoms with E-state index in [2.05, 4.69) is 18.8 Å². The first-order chi connectivity index (χ1) is 8.19. The van der Waals surface area contributed by atoms with Crippen LogP contribution in [0, 0.1) is 5.41 Å². The van der Waals surface area contributed by atoms with E-state index in [1.54, 1.807) is 0 Å². The Bertz CT molecular complexity index is 413. The fraction of sp³-hybridized carbons (Fsp3) is 0.615. The number of aromatic nitrogens is 1. The summed E-state index contributed by atoms with van der Waals surface area (Å²) in [5.74, 6) is -0.355. The van der Waals surface area contributed by atoms with Crippen LogP contribution in [0.15, 0.2) is 12.1 Å². The molecule has 0 atom stereocenters. The molecule has 0 unspecified atom stereocenters. The zero-order chi connectivity index (χ0) is 14.0. The predicted octanol–water partition coefficient (Wildman–Crippen LogP) is 4.09. The predicted molar refractivity (Wildman–Crippen MR) is 63.6 cm³/mol. The second kappa shape index (κ2) is 5.16. The van der Waals surface area contributed by atoms with Crippen LogP contribution in [0.4, 0.5) is 13.2 Å². The van der Waals surface area contributed by atoms with Crippen LogP contribution >= 0.6 is 0 Å². The molecule has 102 valence electrons. The zero-order valence-electron chi connectivity index (χ0n) is 11.1. The summed E-state index contributed by atoms with van der Waals surface area (Å²) in [7, 11) is 1.20. The van der Waals surface area contributed by atoms with Crippen LogP contribution in [-0.4, -0.2) is 12.1 Å². The van der Waals surface area contributed by atoms with Crippen molar-refractivity contribution in [1.29, 1.82) is 0 Å². The second-order valence-corrected chi connectivity index (χ2v) is 5.05. The van der Waals surface area contributed by atoms with Crippen molar-refractivity contribution >= 4 is 0 Å². The topological polar surface area (TPSA) is 22.1 Å². The molecule has 1 heterocycles. The number of nitrogens with zero attached hydrogens (tertiary/aromatic N) is 1. The first kappa shape index (κ1) is 14.8. The molecule has 1 rings (SSSR count). The molecule has 0 aliphatic carbocycles. The minimum Gasteiger partial charge on any atom is -0.481 e. The molecule has 0 bridgehead atoms. The van der Waals surface area contributed by atoms with E-state index in [1.807, 2.05) is 6.92 Å². The highest BCUT2D eigenvalue weighted by Gasteiger charge is 2.35. The highest BCUT2D eigenvalue weighted by molar-refractivity contribution is 5.31. The molecule has 0 amide bonds. The molecule has 0 saturated heterocycles. The average Bonchev–Trinajstić information content (AvgIpc) is 2.27. The maximum atomic E-state index is 12.7. The lowest BCUT2D eigenvalue weighted by atomic mass is 9.85. The van der Waals surface area contributed by atoms with E-state index in [0.29, 0.717) is 12.1 Å². The molecule has 0 N–H and O–H groups in total. The molecule has 0 spiro atoms. The van der Waals surface area contributed by atoms with Crippen molar-refractivity contribution in [3.05, 3.63) is 23.4 Å². The molecule has 1 aromatic rings. The van der Waals surface area contributed by atoms with Gasteiger partial charge in [0.1, 0.15) is 5.56 Å². The first-order valence-corrected chi connectivity index (χ1v) is 5.80. The van der Waals surface area contributed by atoms with E-state index in [0.717, 1.165) is 12.5 Å². The molecule has 5 heteroatoms. The number of pyridine rings is 1. The smallest absolute Gasteiger partial charge is 0.421 e. The molecule has 1 aromatic heterocycles. The van der Waals surface area contributed by atoms with Crippen molar-refractivity contribution in [3.63, 3.8) is 0 Å². The van der Waals surface area contributed by atoms with E-state index < -0.39 is 11.7 Å². The van der Waals surface area contributed by atoms with Crippen LogP contribution in [0.2, 0.25) is 0 Å². The maximum Gasteiger partial charge on any atom is 0.421 e. The second-order valence-electron chi connectivity index (χ2n) is 5.05. The average molecular weight is 261 g/mol. The fourth-order valence-corrected chi connectivity index (χ4v) is 1.56. The van der Waals surface area contributed by atoms with Crippen LogP contribution in [0.25, 0.3) is 0 Å². The Morgan fingerprint density at radius 2 is 1.83 bits per heavy atom. The Labute approximate surface area is 105 Å². The van der Waals surface area contributed by atoms with E-state index in [9.17, 15) is 13.2 Å². The van der Waals surface area contributed by atoms with Crippen LogP contribution in [0.3, 0.4) is 0 Å². The molecule has 0 aromatic carbocycles. The van der Waals surface area contributed by atoms with E-state index >= 15 is 0 Å². The molecular weight excluding hydrogens is 243 g/mol. The molecule has 0 fully saturated rings. The van der Waals surface area contributed by atoms with Gasteiger partial charge in [0, 0.05) is 5.69 Å². The van der Waals surface area contributed by atoms with Crippen molar-refractivity contribution in [2.45, 2.75) is 39.8 Å². The summed E-state index contributed by atoms with van der Waals surface area (Å²) in [6.07, 6.45) is -2.88. The minimum atomic E-state index is -4.43. The van der Waals surface area contributed by atoms with Gasteiger partial charge in [-0.25, -0.2) is 4.98 Å². The Balaban J connectivity index is 3.07. The summed E-state index contributed by atoms with van der Waals surface area (Å²) < 4.78 is 42.7. The molecule has 0 aliphatic heterocycles. The number of rotatable bonds is 4. The fourth-order valence-electron chi connectivity index (χ4n) is 1.56. The number of methoxy groups -OCH3 is 1.